The third kappa shape index (κ3) is 3.37. The average Bonchev–Trinajstić information content (AvgIpc) is 2.86. The van der Waals surface area contributed by atoms with Crippen molar-refractivity contribution in [2.45, 2.75) is 75.9 Å². The second-order valence-corrected chi connectivity index (χ2v) is 7.18. The monoisotopic (exact) mass is 282 g/mol. The van der Waals surface area contributed by atoms with E-state index in [-0.39, 0.29) is 11.7 Å². The van der Waals surface area contributed by atoms with Gasteiger partial charge in [-0.3, -0.25) is 0 Å². The lowest BCUT2D eigenvalue weighted by Gasteiger charge is -2.41. The maximum Gasteiger partial charge on any atom is 0.0940 e. The molecular formula is C17H30O3. The van der Waals surface area contributed by atoms with Crippen molar-refractivity contribution < 1.29 is 14.6 Å². The normalized spacial score (nSPS) is 38.5. The number of hydrogen-bond acceptors (Lipinski definition) is 3. The molecule has 0 amide bonds. The van der Waals surface area contributed by atoms with E-state index >= 15 is 0 Å². The van der Waals surface area contributed by atoms with Gasteiger partial charge in [-0.05, 0) is 37.5 Å². The summed E-state index contributed by atoms with van der Waals surface area (Å²) in [5.41, 5.74) is -0.0640. The topological polar surface area (TPSA) is 38.7 Å². The number of rotatable bonds is 2. The van der Waals surface area contributed by atoms with Gasteiger partial charge in [0.05, 0.1) is 18.3 Å². The van der Waals surface area contributed by atoms with Gasteiger partial charge in [0.25, 0.3) is 0 Å². The minimum absolute atomic E-state index is 0.0640. The Kier molecular flexibility index (Phi) is 5.00. The highest BCUT2D eigenvalue weighted by molar-refractivity contribution is 4.93. The van der Waals surface area contributed by atoms with E-state index in [0.29, 0.717) is 11.8 Å². The van der Waals surface area contributed by atoms with Crippen LogP contribution in [0.4, 0.5) is 0 Å². The first-order valence-electron chi connectivity index (χ1n) is 8.69. The van der Waals surface area contributed by atoms with E-state index in [2.05, 4.69) is 0 Å². The smallest absolute Gasteiger partial charge is 0.0940 e. The zero-order valence-electron chi connectivity index (χ0n) is 12.7. The van der Waals surface area contributed by atoms with Gasteiger partial charge >= 0.3 is 0 Å². The molecule has 3 rings (SSSR count). The van der Waals surface area contributed by atoms with E-state index in [1.807, 2.05) is 0 Å². The molecule has 0 radical (unpaired) electrons. The molecule has 0 aromatic carbocycles. The van der Waals surface area contributed by atoms with Crippen molar-refractivity contribution in [2.24, 2.45) is 11.8 Å². The molecule has 0 bridgehead atoms. The summed E-state index contributed by atoms with van der Waals surface area (Å²) in [5, 5.41) is 10.9. The van der Waals surface area contributed by atoms with Crippen molar-refractivity contribution in [1.29, 1.82) is 0 Å². The molecule has 3 atom stereocenters. The number of aliphatic hydroxyl groups excluding tert-OH is 1. The summed E-state index contributed by atoms with van der Waals surface area (Å²) in [6, 6.07) is 0. The van der Waals surface area contributed by atoms with Crippen molar-refractivity contribution in [3.8, 4) is 0 Å². The first kappa shape index (κ1) is 14.8. The molecule has 2 aliphatic heterocycles. The average molecular weight is 282 g/mol. The molecule has 20 heavy (non-hydrogen) atoms. The number of ether oxygens (including phenoxy) is 2. The molecule has 2 saturated heterocycles. The zero-order chi connectivity index (χ0) is 13.8. The molecule has 3 heteroatoms. The molecule has 0 aromatic heterocycles. The summed E-state index contributed by atoms with van der Waals surface area (Å²) in [5.74, 6) is 0.952. The zero-order valence-corrected chi connectivity index (χ0v) is 12.7. The summed E-state index contributed by atoms with van der Waals surface area (Å²) in [6.07, 6.45) is 12.1. The van der Waals surface area contributed by atoms with Crippen LogP contribution in [0.1, 0.15) is 64.2 Å². The maximum absolute atomic E-state index is 10.9. The van der Waals surface area contributed by atoms with Crippen LogP contribution in [-0.2, 0) is 9.47 Å². The van der Waals surface area contributed by atoms with Crippen molar-refractivity contribution >= 4 is 0 Å². The highest BCUT2D eigenvalue weighted by Crippen LogP contribution is 2.40. The molecule has 3 aliphatic rings. The van der Waals surface area contributed by atoms with Gasteiger partial charge < -0.3 is 14.6 Å². The Morgan fingerprint density at radius 3 is 2.35 bits per heavy atom. The minimum Gasteiger partial charge on any atom is -0.393 e. The predicted octanol–water partition coefficient (Wildman–Crippen LogP) is 3.29. The number of aliphatic hydroxyl groups is 1. The third-order valence-electron chi connectivity index (χ3n) is 5.71. The Morgan fingerprint density at radius 2 is 1.65 bits per heavy atom. The standard InChI is InChI=1S/C17H30O3/c18-16(14-6-4-2-1-3-5-7-14)15-8-10-20-17(12-15)9-11-19-13-17/h14-16,18H,1-13H2. The summed E-state index contributed by atoms with van der Waals surface area (Å²) in [4.78, 5) is 0. The van der Waals surface area contributed by atoms with Gasteiger partial charge in [-0.15, -0.1) is 0 Å². The van der Waals surface area contributed by atoms with Crippen molar-refractivity contribution in [2.75, 3.05) is 19.8 Å². The van der Waals surface area contributed by atoms with E-state index in [1.165, 1.54) is 44.9 Å². The van der Waals surface area contributed by atoms with E-state index in [4.69, 9.17) is 9.47 Å². The summed E-state index contributed by atoms with van der Waals surface area (Å²) in [6.45, 7) is 2.37. The van der Waals surface area contributed by atoms with Crippen molar-refractivity contribution in [3.05, 3.63) is 0 Å². The van der Waals surface area contributed by atoms with Gasteiger partial charge in [0.1, 0.15) is 0 Å². The summed E-state index contributed by atoms with van der Waals surface area (Å²) in [7, 11) is 0. The van der Waals surface area contributed by atoms with Crippen LogP contribution in [0.15, 0.2) is 0 Å². The second-order valence-electron chi connectivity index (χ2n) is 7.18. The molecule has 116 valence electrons. The lowest BCUT2D eigenvalue weighted by atomic mass is 9.75. The first-order valence-corrected chi connectivity index (χ1v) is 8.69. The summed E-state index contributed by atoms with van der Waals surface area (Å²) >= 11 is 0. The molecular weight excluding hydrogens is 252 g/mol. The SMILES string of the molecule is OC(C1CCCCCCC1)C1CCOC2(CCOC2)C1. The van der Waals surface area contributed by atoms with Gasteiger partial charge in [-0.25, -0.2) is 0 Å². The quantitative estimate of drug-likeness (QED) is 0.844. The van der Waals surface area contributed by atoms with Crippen LogP contribution in [0.5, 0.6) is 0 Å². The molecule has 1 N–H and O–H groups in total. The van der Waals surface area contributed by atoms with Gasteiger partial charge in [0.15, 0.2) is 0 Å². The lowest BCUT2D eigenvalue weighted by molar-refractivity contribution is -0.124. The van der Waals surface area contributed by atoms with Crippen LogP contribution in [-0.4, -0.2) is 36.6 Å². The molecule has 3 unspecified atom stereocenters. The van der Waals surface area contributed by atoms with Crippen molar-refractivity contribution in [1.82, 2.24) is 0 Å². The van der Waals surface area contributed by atoms with Crippen molar-refractivity contribution in [3.63, 3.8) is 0 Å². The fourth-order valence-corrected chi connectivity index (χ4v) is 4.43. The molecule has 3 fully saturated rings. The molecule has 1 aliphatic carbocycles. The van der Waals surface area contributed by atoms with Crippen LogP contribution in [0, 0.1) is 11.8 Å². The largest absolute Gasteiger partial charge is 0.393 e. The van der Waals surface area contributed by atoms with Crippen LogP contribution >= 0.6 is 0 Å². The molecule has 2 heterocycles. The Labute approximate surface area is 123 Å². The summed E-state index contributed by atoms with van der Waals surface area (Å²) < 4.78 is 11.5. The number of hydrogen-bond donors (Lipinski definition) is 1. The molecule has 3 nitrogen and oxygen atoms in total. The third-order valence-corrected chi connectivity index (χ3v) is 5.71. The van der Waals surface area contributed by atoms with Crippen LogP contribution in [0.3, 0.4) is 0 Å². The minimum atomic E-state index is -0.116. The molecule has 0 aromatic rings. The Hall–Kier alpha value is -0.120. The van der Waals surface area contributed by atoms with E-state index in [0.717, 1.165) is 39.1 Å². The lowest BCUT2D eigenvalue weighted by Crippen LogP contribution is -2.45. The first-order chi connectivity index (χ1) is 9.79. The van der Waals surface area contributed by atoms with E-state index in [1.54, 1.807) is 0 Å². The second kappa shape index (κ2) is 6.76. The van der Waals surface area contributed by atoms with E-state index < -0.39 is 0 Å². The highest BCUT2D eigenvalue weighted by Gasteiger charge is 2.43. The van der Waals surface area contributed by atoms with E-state index in [9.17, 15) is 5.11 Å². The van der Waals surface area contributed by atoms with Gasteiger partial charge in [-0.1, -0.05) is 32.1 Å². The van der Waals surface area contributed by atoms with Crippen LogP contribution in [0.2, 0.25) is 0 Å². The van der Waals surface area contributed by atoms with Gasteiger partial charge in [-0.2, -0.15) is 0 Å². The Bertz CT molecular complexity index is 291. The maximum atomic E-state index is 10.9. The fraction of sp³-hybridized carbons (Fsp3) is 1.00. The van der Waals surface area contributed by atoms with Crippen LogP contribution in [0.25, 0.3) is 0 Å². The predicted molar refractivity (Wildman–Crippen MR) is 78.7 cm³/mol. The highest BCUT2D eigenvalue weighted by atomic mass is 16.6. The molecule has 1 saturated carbocycles. The van der Waals surface area contributed by atoms with Crippen LogP contribution < -0.4 is 0 Å². The van der Waals surface area contributed by atoms with Gasteiger partial charge in [0, 0.05) is 19.6 Å². The Morgan fingerprint density at radius 1 is 0.900 bits per heavy atom. The molecule has 1 spiro atoms. The van der Waals surface area contributed by atoms with Gasteiger partial charge in [0.2, 0.25) is 0 Å². The fourth-order valence-electron chi connectivity index (χ4n) is 4.43. The Balaban J connectivity index is 1.58.